The molecule has 0 radical (unpaired) electrons. The van der Waals surface area contributed by atoms with Crippen molar-refractivity contribution in [1.29, 1.82) is 0 Å². The molecule has 0 bridgehead atoms. The minimum Gasteiger partial charge on any atom is -0.355 e. The Hall–Kier alpha value is -3.46. The molecule has 1 aliphatic carbocycles. The second-order valence-electron chi connectivity index (χ2n) is 5.88. The largest absolute Gasteiger partial charge is 0.355 e. The van der Waals surface area contributed by atoms with Gasteiger partial charge in [-0.1, -0.05) is 61.2 Å². The number of nitrogens with one attached hydrogen (secondary N) is 1. The number of carbonyl (C=O) groups excluding carboxylic acids is 2. The van der Waals surface area contributed by atoms with Crippen molar-refractivity contribution in [1.82, 2.24) is 0 Å². The lowest BCUT2D eigenvalue weighted by Crippen LogP contribution is -2.22. The summed E-state index contributed by atoms with van der Waals surface area (Å²) in [5, 5.41) is 3.26. The Kier molecular flexibility index (Phi) is 3.55. The summed E-state index contributed by atoms with van der Waals surface area (Å²) in [7, 11) is 0. The third-order valence-electron chi connectivity index (χ3n) is 4.38. The van der Waals surface area contributed by atoms with Crippen LogP contribution < -0.4 is 5.32 Å². The van der Waals surface area contributed by atoms with E-state index in [9.17, 15) is 9.59 Å². The SMILES string of the molecule is C=Cc1ccc(Nc2cccc3c2C(=O)c2ccccc2C3=O)cc1. The fraction of sp³-hybridized carbons (Fsp3) is 0. The van der Waals surface area contributed by atoms with E-state index in [1.54, 1.807) is 42.5 Å². The zero-order chi connectivity index (χ0) is 17.4. The summed E-state index contributed by atoms with van der Waals surface area (Å²) >= 11 is 0. The van der Waals surface area contributed by atoms with Crippen LogP contribution in [0.25, 0.3) is 6.08 Å². The van der Waals surface area contributed by atoms with Crippen LogP contribution in [0.1, 0.15) is 37.4 Å². The monoisotopic (exact) mass is 325 g/mol. The molecule has 0 atom stereocenters. The molecular weight excluding hydrogens is 310 g/mol. The highest BCUT2D eigenvalue weighted by Crippen LogP contribution is 2.33. The maximum Gasteiger partial charge on any atom is 0.196 e. The van der Waals surface area contributed by atoms with Crippen LogP contribution in [0.4, 0.5) is 11.4 Å². The summed E-state index contributed by atoms with van der Waals surface area (Å²) in [6.07, 6.45) is 1.77. The Morgan fingerprint density at radius 2 is 1.36 bits per heavy atom. The number of benzene rings is 3. The summed E-state index contributed by atoms with van der Waals surface area (Å²) in [6, 6.07) is 20.0. The van der Waals surface area contributed by atoms with Gasteiger partial charge in [0.05, 0.1) is 11.3 Å². The molecule has 3 aromatic rings. The van der Waals surface area contributed by atoms with Gasteiger partial charge < -0.3 is 5.32 Å². The van der Waals surface area contributed by atoms with Crippen LogP contribution in [-0.2, 0) is 0 Å². The molecule has 120 valence electrons. The van der Waals surface area contributed by atoms with Gasteiger partial charge in [0.2, 0.25) is 0 Å². The van der Waals surface area contributed by atoms with Gasteiger partial charge in [0.1, 0.15) is 0 Å². The van der Waals surface area contributed by atoms with E-state index in [-0.39, 0.29) is 11.6 Å². The van der Waals surface area contributed by atoms with E-state index in [1.165, 1.54) is 0 Å². The van der Waals surface area contributed by atoms with Gasteiger partial charge in [-0.15, -0.1) is 0 Å². The molecule has 0 fully saturated rings. The fourth-order valence-corrected chi connectivity index (χ4v) is 3.11. The van der Waals surface area contributed by atoms with Crippen molar-refractivity contribution >= 4 is 29.0 Å². The topological polar surface area (TPSA) is 46.2 Å². The number of ketones is 2. The summed E-state index contributed by atoms with van der Waals surface area (Å²) in [4.78, 5) is 25.7. The van der Waals surface area contributed by atoms with E-state index in [1.807, 2.05) is 30.3 Å². The maximum absolute atomic E-state index is 13.0. The molecule has 0 saturated carbocycles. The third-order valence-corrected chi connectivity index (χ3v) is 4.38. The number of fused-ring (bicyclic) bond motifs is 2. The van der Waals surface area contributed by atoms with Crippen LogP contribution in [0.5, 0.6) is 0 Å². The molecule has 0 aromatic heterocycles. The van der Waals surface area contributed by atoms with Gasteiger partial charge in [-0.05, 0) is 23.8 Å². The quantitative estimate of drug-likeness (QED) is 0.586. The lowest BCUT2D eigenvalue weighted by atomic mass is 9.83. The molecule has 0 amide bonds. The van der Waals surface area contributed by atoms with Crippen LogP contribution in [0.15, 0.2) is 73.3 Å². The van der Waals surface area contributed by atoms with Crippen molar-refractivity contribution in [3.8, 4) is 0 Å². The average Bonchev–Trinajstić information content (AvgIpc) is 2.66. The molecule has 1 N–H and O–H groups in total. The first kappa shape index (κ1) is 15.1. The fourth-order valence-electron chi connectivity index (χ4n) is 3.11. The van der Waals surface area contributed by atoms with Crippen LogP contribution in [0.3, 0.4) is 0 Å². The van der Waals surface area contributed by atoms with E-state index in [4.69, 9.17) is 0 Å². The van der Waals surface area contributed by atoms with Crippen LogP contribution in [-0.4, -0.2) is 11.6 Å². The van der Waals surface area contributed by atoms with Crippen molar-refractivity contribution in [2.45, 2.75) is 0 Å². The first-order valence-electron chi connectivity index (χ1n) is 8.00. The standard InChI is InChI=1S/C22H15NO2/c1-2-14-10-12-15(13-11-14)23-19-9-5-8-18-20(19)22(25)17-7-4-3-6-16(17)21(18)24/h2-13,23H,1H2. The zero-order valence-corrected chi connectivity index (χ0v) is 13.5. The molecule has 0 saturated heterocycles. The van der Waals surface area contributed by atoms with Crippen molar-refractivity contribution < 1.29 is 9.59 Å². The Labute approximate surface area is 145 Å². The molecule has 0 heterocycles. The predicted molar refractivity (Wildman–Crippen MR) is 99.6 cm³/mol. The van der Waals surface area contributed by atoms with Gasteiger partial charge in [-0.3, -0.25) is 9.59 Å². The van der Waals surface area contributed by atoms with E-state index in [0.717, 1.165) is 11.3 Å². The second-order valence-corrected chi connectivity index (χ2v) is 5.88. The molecule has 4 rings (SSSR count). The first-order valence-corrected chi connectivity index (χ1v) is 8.00. The van der Waals surface area contributed by atoms with Crippen LogP contribution in [0, 0.1) is 0 Å². The molecule has 0 spiro atoms. The van der Waals surface area contributed by atoms with E-state index in [2.05, 4.69) is 11.9 Å². The van der Waals surface area contributed by atoms with Gasteiger partial charge >= 0.3 is 0 Å². The highest BCUT2D eigenvalue weighted by molar-refractivity contribution is 6.30. The van der Waals surface area contributed by atoms with Gasteiger partial charge in [-0.25, -0.2) is 0 Å². The summed E-state index contributed by atoms with van der Waals surface area (Å²) in [5.41, 5.74) is 4.29. The molecule has 3 heteroatoms. The highest BCUT2D eigenvalue weighted by atomic mass is 16.1. The Balaban J connectivity index is 1.80. The number of anilines is 2. The minimum atomic E-state index is -0.129. The van der Waals surface area contributed by atoms with Crippen molar-refractivity contribution in [2.24, 2.45) is 0 Å². The van der Waals surface area contributed by atoms with Gasteiger partial charge in [0.15, 0.2) is 11.6 Å². The van der Waals surface area contributed by atoms with E-state index in [0.29, 0.717) is 27.9 Å². The lowest BCUT2D eigenvalue weighted by Gasteiger charge is -2.20. The number of hydrogen-bond donors (Lipinski definition) is 1. The molecule has 3 aromatic carbocycles. The molecule has 1 aliphatic rings. The zero-order valence-electron chi connectivity index (χ0n) is 13.5. The van der Waals surface area contributed by atoms with Gasteiger partial charge in [-0.2, -0.15) is 0 Å². The molecule has 0 aliphatic heterocycles. The average molecular weight is 325 g/mol. The van der Waals surface area contributed by atoms with Crippen molar-refractivity contribution in [3.63, 3.8) is 0 Å². The summed E-state index contributed by atoms with van der Waals surface area (Å²) in [5.74, 6) is -0.244. The smallest absolute Gasteiger partial charge is 0.196 e. The first-order chi connectivity index (χ1) is 12.2. The number of carbonyl (C=O) groups is 2. The molecular formula is C22H15NO2. The van der Waals surface area contributed by atoms with Crippen molar-refractivity contribution in [3.05, 3.63) is 101 Å². The van der Waals surface area contributed by atoms with Crippen molar-refractivity contribution in [2.75, 3.05) is 5.32 Å². The summed E-state index contributed by atoms with van der Waals surface area (Å²) < 4.78 is 0. The van der Waals surface area contributed by atoms with Crippen LogP contribution in [0.2, 0.25) is 0 Å². The van der Waals surface area contributed by atoms with Gasteiger partial charge in [0.25, 0.3) is 0 Å². The molecule has 25 heavy (non-hydrogen) atoms. The number of hydrogen-bond acceptors (Lipinski definition) is 3. The lowest BCUT2D eigenvalue weighted by molar-refractivity contribution is 0.0979. The number of rotatable bonds is 3. The van der Waals surface area contributed by atoms with E-state index < -0.39 is 0 Å². The molecule has 3 nitrogen and oxygen atoms in total. The third kappa shape index (κ3) is 2.46. The van der Waals surface area contributed by atoms with Crippen LogP contribution >= 0.6 is 0 Å². The molecule has 0 unspecified atom stereocenters. The minimum absolute atomic E-state index is 0.115. The van der Waals surface area contributed by atoms with Gasteiger partial charge in [0, 0.05) is 22.4 Å². The maximum atomic E-state index is 13.0. The second kappa shape index (κ2) is 5.87. The normalized spacial score (nSPS) is 12.3. The highest BCUT2D eigenvalue weighted by Gasteiger charge is 2.31. The predicted octanol–water partition coefficient (Wildman–Crippen LogP) is 4.85. The Morgan fingerprint density at radius 3 is 2.04 bits per heavy atom. The van der Waals surface area contributed by atoms with E-state index >= 15 is 0 Å². The Morgan fingerprint density at radius 1 is 0.720 bits per heavy atom. The Bertz CT molecular complexity index is 1020. The summed E-state index contributed by atoms with van der Waals surface area (Å²) in [6.45, 7) is 3.74.